The second-order valence-corrected chi connectivity index (χ2v) is 9.58. The van der Waals surface area contributed by atoms with Crippen molar-refractivity contribution in [2.75, 3.05) is 0 Å². The van der Waals surface area contributed by atoms with Gasteiger partial charge in [0.2, 0.25) is 0 Å². The van der Waals surface area contributed by atoms with E-state index in [-0.39, 0.29) is 0 Å². The molecule has 0 spiro atoms. The number of unbranched alkanes of at least 4 members (excludes halogenated alkanes) is 2. The summed E-state index contributed by atoms with van der Waals surface area (Å²) in [5.74, 6) is 0.697. The van der Waals surface area contributed by atoms with Gasteiger partial charge in [-0.2, -0.15) is 0 Å². The van der Waals surface area contributed by atoms with Crippen molar-refractivity contribution in [3.05, 3.63) is 82.4 Å². The second-order valence-electron chi connectivity index (χ2n) is 9.58. The van der Waals surface area contributed by atoms with Gasteiger partial charge in [0.1, 0.15) is 11.5 Å². The van der Waals surface area contributed by atoms with Crippen LogP contribution in [0.3, 0.4) is 0 Å². The summed E-state index contributed by atoms with van der Waals surface area (Å²) in [7, 11) is 0. The van der Waals surface area contributed by atoms with Crippen LogP contribution in [0.25, 0.3) is 16.8 Å². The summed E-state index contributed by atoms with van der Waals surface area (Å²) >= 11 is 0. The molecule has 0 atom stereocenters. The molecule has 0 fully saturated rings. The lowest BCUT2D eigenvalue weighted by Crippen LogP contribution is -1.99. The molecule has 3 aromatic carbocycles. The summed E-state index contributed by atoms with van der Waals surface area (Å²) < 4.78 is 0. The molecule has 0 amide bonds. The number of allylic oxidation sites excluding steroid dienone is 1. The van der Waals surface area contributed by atoms with Gasteiger partial charge in [0.25, 0.3) is 0 Å². The molecule has 2 nitrogen and oxygen atoms in total. The van der Waals surface area contributed by atoms with Crippen molar-refractivity contribution >= 4 is 22.6 Å². The zero-order chi connectivity index (χ0) is 23.0. The highest BCUT2D eigenvalue weighted by molar-refractivity contribution is 5.84. The summed E-state index contributed by atoms with van der Waals surface area (Å²) in [5.41, 5.74) is 6.53. The van der Waals surface area contributed by atoms with Crippen molar-refractivity contribution in [2.45, 2.75) is 77.6 Å². The fraction of sp³-hybridized carbons (Fsp3) is 0.387. The lowest BCUT2D eigenvalue weighted by atomic mass is 9.98. The van der Waals surface area contributed by atoms with E-state index in [9.17, 15) is 9.90 Å². The van der Waals surface area contributed by atoms with Crippen molar-refractivity contribution in [3.63, 3.8) is 0 Å². The molecule has 1 aliphatic rings. The molecule has 0 heterocycles. The molecule has 1 N–H and O–H groups in total. The average molecular weight is 441 g/mol. The molecule has 4 rings (SSSR count). The molecule has 3 aromatic rings. The zero-order valence-electron chi connectivity index (χ0n) is 19.9. The molecule has 0 aliphatic heterocycles. The predicted molar refractivity (Wildman–Crippen MR) is 139 cm³/mol. The van der Waals surface area contributed by atoms with Gasteiger partial charge in [0, 0.05) is 12.8 Å². The van der Waals surface area contributed by atoms with Crippen LogP contribution in [-0.2, 0) is 24.1 Å². The number of aryl methyl sites for hydroxylation is 2. The Kier molecular flexibility index (Phi) is 7.99. The van der Waals surface area contributed by atoms with E-state index >= 15 is 0 Å². The Labute approximate surface area is 198 Å². The molecule has 0 radical (unpaired) electrons. The van der Waals surface area contributed by atoms with E-state index in [1.807, 2.05) is 12.1 Å². The second kappa shape index (κ2) is 11.3. The number of Topliss-reactive ketones (excluding diaryl/α,β-unsaturated/α-hetero) is 1. The van der Waals surface area contributed by atoms with E-state index in [0.29, 0.717) is 24.4 Å². The third kappa shape index (κ3) is 6.57. The number of aromatic hydroxyl groups is 1. The van der Waals surface area contributed by atoms with Crippen LogP contribution in [0.4, 0.5) is 0 Å². The third-order valence-electron chi connectivity index (χ3n) is 6.82. The highest BCUT2D eigenvalue weighted by atomic mass is 16.3. The van der Waals surface area contributed by atoms with Gasteiger partial charge in [0.15, 0.2) is 0 Å². The Hall–Kier alpha value is -2.87. The summed E-state index contributed by atoms with van der Waals surface area (Å²) in [5, 5.41) is 12.3. The third-order valence-corrected chi connectivity index (χ3v) is 6.82. The number of carbonyl (C=O) groups is 1. The molecule has 33 heavy (non-hydrogen) atoms. The number of phenols is 1. The lowest BCUT2D eigenvalue weighted by molar-refractivity contribution is -0.119. The molecule has 0 aromatic heterocycles. The van der Waals surface area contributed by atoms with Crippen molar-refractivity contribution in [1.29, 1.82) is 0 Å². The van der Waals surface area contributed by atoms with E-state index in [1.54, 1.807) is 6.07 Å². The topological polar surface area (TPSA) is 37.3 Å². The molecule has 0 saturated carbocycles. The number of ketones is 1. The monoisotopic (exact) mass is 440 g/mol. The van der Waals surface area contributed by atoms with Crippen LogP contribution in [0.5, 0.6) is 5.75 Å². The minimum Gasteiger partial charge on any atom is -0.508 e. The van der Waals surface area contributed by atoms with Crippen LogP contribution in [0.2, 0.25) is 0 Å². The van der Waals surface area contributed by atoms with E-state index in [2.05, 4.69) is 49.4 Å². The smallest absolute Gasteiger partial charge is 0.132 e. The zero-order valence-corrected chi connectivity index (χ0v) is 19.9. The average Bonchev–Trinajstić information content (AvgIpc) is 3.21. The van der Waals surface area contributed by atoms with Crippen LogP contribution < -0.4 is 0 Å². The number of benzene rings is 3. The van der Waals surface area contributed by atoms with E-state index < -0.39 is 0 Å². The van der Waals surface area contributed by atoms with Gasteiger partial charge in [-0.3, -0.25) is 4.79 Å². The normalized spacial score (nSPS) is 12.7. The Morgan fingerprint density at radius 3 is 2.21 bits per heavy atom. The van der Waals surface area contributed by atoms with Crippen LogP contribution in [0.15, 0.2) is 60.2 Å². The number of hydrogen-bond donors (Lipinski definition) is 1. The standard InChI is InChI=1S/C31H36O2/c1-2-3-4-7-23-12-14-26-15-13-24(19-28(26)18-23)8-5-10-30(32)11-6-9-25-20-27-16-17-31(33)22-29(27)21-25/h12-19,21-22,33H,2-11,20H2,1H3. The van der Waals surface area contributed by atoms with Crippen molar-refractivity contribution in [2.24, 2.45) is 0 Å². The molecule has 1 aliphatic carbocycles. The van der Waals surface area contributed by atoms with E-state index in [1.165, 1.54) is 52.3 Å². The SMILES string of the molecule is CCCCCc1ccc2ccc(CCCC(=O)CCCC3=Cc4cc(O)ccc4C3)cc2c1. The number of rotatable bonds is 12. The lowest BCUT2D eigenvalue weighted by Gasteiger charge is -2.07. The number of fused-ring (bicyclic) bond motifs is 2. The number of carbonyl (C=O) groups excluding carboxylic acids is 1. The highest BCUT2D eigenvalue weighted by Gasteiger charge is 2.13. The fourth-order valence-electron chi connectivity index (χ4n) is 4.92. The first-order chi connectivity index (χ1) is 16.1. The van der Waals surface area contributed by atoms with Gasteiger partial charge in [-0.25, -0.2) is 0 Å². The van der Waals surface area contributed by atoms with Gasteiger partial charge in [-0.15, -0.1) is 0 Å². The molecular formula is C31H36O2. The van der Waals surface area contributed by atoms with Crippen LogP contribution >= 0.6 is 0 Å². The number of hydrogen-bond acceptors (Lipinski definition) is 2. The quantitative estimate of drug-likeness (QED) is 0.290. The van der Waals surface area contributed by atoms with Crippen molar-refractivity contribution < 1.29 is 9.90 Å². The minimum absolute atomic E-state index is 0.320. The first-order valence-corrected chi connectivity index (χ1v) is 12.7. The van der Waals surface area contributed by atoms with Gasteiger partial charge in [-0.1, -0.05) is 73.9 Å². The van der Waals surface area contributed by atoms with Crippen LogP contribution in [0.1, 0.15) is 80.5 Å². The van der Waals surface area contributed by atoms with Crippen molar-refractivity contribution in [1.82, 2.24) is 0 Å². The van der Waals surface area contributed by atoms with Crippen LogP contribution in [0, 0.1) is 0 Å². The Morgan fingerprint density at radius 1 is 0.788 bits per heavy atom. The first-order valence-electron chi connectivity index (χ1n) is 12.7. The maximum Gasteiger partial charge on any atom is 0.132 e. The summed E-state index contributed by atoms with van der Waals surface area (Å²) in [4.78, 5) is 12.4. The van der Waals surface area contributed by atoms with Gasteiger partial charge in [-0.05, 0) is 90.1 Å². The molecular weight excluding hydrogens is 404 g/mol. The molecule has 0 saturated heterocycles. The fourth-order valence-corrected chi connectivity index (χ4v) is 4.92. The van der Waals surface area contributed by atoms with Gasteiger partial charge in [0.05, 0.1) is 0 Å². The summed E-state index contributed by atoms with van der Waals surface area (Å²) in [6, 6.07) is 19.2. The highest BCUT2D eigenvalue weighted by Crippen LogP contribution is 2.30. The summed E-state index contributed by atoms with van der Waals surface area (Å²) in [6.07, 6.45) is 13.2. The largest absolute Gasteiger partial charge is 0.508 e. The van der Waals surface area contributed by atoms with Gasteiger partial charge < -0.3 is 5.11 Å². The summed E-state index contributed by atoms with van der Waals surface area (Å²) in [6.45, 7) is 2.25. The molecule has 0 bridgehead atoms. The van der Waals surface area contributed by atoms with E-state index in [0.717, 1.165) is 44.1 Å². The maximum absolute atomic E-state index is 12.4. The molecule has 2 heteroatoms. The molecule has 172 valence electrons. The number of phenolic OH excluding ortho intramolecular Hbond substituents is 1. The minimum atomic E-state index is 0.320. The van der Waals surface area contributed by atoms with E-state index in [4.69, 9.17) is 0 Å². The van der Waals surface area contributed by atoms with Gasteiger partial charge >= 0.3 is 0 Å². The molecule has 0 unspecified atom stereocenters. The van der Waals surface area contributed by atoms with Crippen LogP contribution in [-0.4, -0.2) is 10.9 Å². The predicted octanol–water partition coefficient (Wildman–Crippen LogP) is 7.98. The maximum atomic E-state index is 12.4. The first kappa shape index (κ1) is 23.3. The Morgan fingerprint density at radius 2 is 1.48 bits per heavy atom. The Bertz CT molecular complexity index is 1140. The Balaban J connectivity index is 1.19. The van der Waals surface area contributed by atoms with Crippen molar-refractivity contribution in [3.8, 4) is 5.75 Å².